The molecular weight excluding hydrogens is 360 g/mol. The number of hydrogen-bond donors (Lipinski definition) is 1. The van der Waals surface area contributed by atoms with E-state index in [2.05, 4.69) is 41.9 Å². The predicted molar refractivity (Wildman–Crippen MR) is 108 cm³/mol. The lowest BCUT2D eigenvalue weighted by molar-refractivity contribution is -0.118. The molecule has 1 amide bonds. The zero-order chi connectivity index (χ0) is 19.3. The van der Waals surface area contributed by atoms with Crippen LogP contribution >= 0.6 is 11.3 Å². The molecule has 0 bridgehead atoms. The van der Waals surface area contributed by atoms with Gasteiger partial charge >= 0.3 is 0 Å². The number of primary amides is 1. The maximum absolute atomic E-state index is 11.8. The molecule has 1 aliphatic heterocycles. The van der Waals surface area contributed by atoms with E-state index < -0.39 is 0 Å². The van der Waals surface area contributed by atoms with Gasteiger partial charge in [-0.15, -0.1) is 11.3 Å². The van der Waals surface area contributed by atoms with Crippen molar-refractivity contribution in [2.75, 3.05) is 33.2 Å². The van der Waals surface area contributed by atoms with E-state index in [-0.39, 0.29) is 18.2 Å². The minimum absolute atomic E-state index is 0.187. The van der Waals surface area contributed by atoms with Gasteiger partial charge < -0.3 is 20.1 Å². The van der Waals surface area contributed by atoms with E-state index in [0.717, 1.165) is 43.2 Å². The Hall–Kier alpha value is -2.12. The van der Waals surface area contributed by atoms with Crippen molar-refractivity contribution in [1.82, 2.24) is 15.0 Å². The highest BCUT2D eigenvalue weighted by Crippen LogP contribution is 2.49. The smallest absolute Gasteiger partial charge is 0.218 e. The van der Waals surface area contributed by atoms with Crippen molar-refractivity contribution in [1.29, 1.82) is 0 Å². The summed E-state index contributed by atoms with van der Waals surface area (Å²) in [4.78, 5) is 19.1. The molecule has 144 valence electrons. The minimum atomic E-state index is -0.327. The summed E-state index contributed by atoms with van der Waals surface area (Å²) >= 11 is 1.79. The summed E-state index contributed by atoms with van der Waals surface area (Å²) < 4.78 is 5.72. The number of rotatable bonds is 3. The molecule has 1 atom stereocenters. The van der Waals surface area contributed by atoms with E-state index in [1.54, 1.807) is 11.3 Å². The average molecular weight is 387 g/mol. The number of carbonyl (C=O) groups is 1. The van der Waals surface area contributed by atoms with Crippen molar-refractivity contribution in [2.45, 2.75) is 33.1 Å². The molecule has 2 aromatic heterocycles. The zero-order valence-corrected chi connectivity index (χ0v) is 17.2. The van der Waals surface area contributed by atoms with Crippen molar-refractivity contribution in [3.05, 3.63) is 33.5 Å². The highest BCUT2D eigenvalue weighted by Gasteiger charge is 2.34. The summed E-state index contributed by atoms with van der Waals surface area (Å²) in [5.41, 5.74) is 11.2. The molecule has 2 aromatic rings. The largest absolute Gasteiger partial charge is 0.370 e. The van der Waals surface area contributed by atoms with E-state index >= 15 is 0 Å². The fourth-order valence-electron chi connectivity index (χ4n) is 4.06. The van der Waals surface area contributed by atoms with Crippen LogP contribution in [-0.4, -0.2) is 54.1 Å². The van der Waals surface area contributed by atoms with Gasteiger partial charge in [-0.05, 0) is 39.5 Å². The Bertz CT molecular complexity index is 919. The van der Waals surface area contributed by atoms with Crippen LogP contribution in [0.15, 0.2) is 10.6 Å². The number of piperazine rings is 1. The van der Waals surface area contributed by atoms with E-state index in [4.69, 9.17) is 10.3 Å². The number of hydrogen-bond acceptors (Lipinski definition) is 6. The standard InChI is InChI=1S/C20H26N4O2S/c1-11-13(3)27-20-17(11)15(24-7-5-23(4)6-8-24)9-14(10-16(21)25)19-18(20)12(2)22-26-19/h9,14H,5-8,10H2,1-4H3,(H2,21,25)/t14-/m0/s1. The maximum atomic E-state index is 11.8. The van der Waals surface area contributed by atoms with Gasteiger partial charge in [-0.25, -0.2) is 0 Å². The molecule has 0 aromatic carbocycles. The Labute approximate surface area is 163 Å². The Morgan fingerprint density at radius 3 is 2.63 bits per heavy atom. The fraction of sp³-hybridized carbons (Fsp3) is 0.500. The number of thiophene rings is 1. The van der Waals surface area contributed by atoms with Crippen molar-refractivity contribution < 1.29 is 9.32 Å². The molecule has 7 heteroatoms. The van der Waals surface area contributed by atoms with Gasteiger partial charge in [-0.2, -0.15) is 0 Å². The van der Waals surface area contributed by atoms with Crippen LogP contribution in [0.25, 0.3) is 16.1 Å². The first-order valence-corrected chi connectivity index (χ1v) is 10.2. The van der Waals surface area contributed by atoms with Crippen LogP contribution in [0.1, 0.15) is 39.8 Å². The first kappa shape index (κ1) is 18.3. The molecule has 4 rings (SSSR count). The number of carbonyl (C=O) groups excluding carboxylic acids is 1. The van der Waals surface area contributed by atoms with Crippen LogP contribution in [0.2, 0.25) is 0 Å². The van der Waals surface area contributed by atoms with E-state index in [1.165, 1.54) is 26.6 Å². The molecule has 0 spiro atoms. The number of likely N-dealkylation sites (N-methyl/N-ethyl adjacent to an activating group) is 1. The molecule has 1 aliphatic carbocycles. The van der Waals surface area contributed by atoms with Crippen molar-refractivity contribution in [3.8, 4) is 10.4 Å². The normalized spacial score (nSPS) is 20.1. The summed E-state index contributed by atoms with van der Waals surface area (Å²) in [6.45, 7) is 10.3. The zero-order valence-electron chi connectivity index (χ0n) is 16.3. The molecule has 0 saturated carbocycles. The number of aromatic nitrogens is 1. The van der Waals surface area contributed by atoms with Crippen LogP contribution in [0, 0.1) is 20.8 Å². The Kier molecular flexibility index (Phi) is 4.60. The minimum Gasteiger partial charge on any atom is -0.370 e. The van der Waals surface area contributed by atoms with Gasteiger partial charge in [0.2, 0.25) is 5.91 Å². The highest BCUT2D eigenvalue weighted by atomic mass is 32.1. The number of fused-ring (bicyclic) bond motifs is 3. The molecule has 2 N–H and O–H groups in total. The third kappa shape index (κ3) is 3.08. The number of nitrogens with zero attached hydrogens (tertiary/aromatic N) is 3. The molecule has 6 nitrogen and oxygen atoms in total. The second-order valence-corrected chi connectivity index (χ2v) is 8.84. The van der Waals surface area contributed by atoms with E-state index in [1.807, 2.05) is 6.92 Å². The van der Waals surface area contributed by atoms with Gasteiger partial charge in [0, 0.05) is 59.5 Å². The molecule has 1 fully saturated rings. The van der Waals surface area contributed by atoms with Gasteiger partial charge in [0.05, 0.1) is 11.3 Å². The summed E-state index contributed by atoms with van der Waals surface area (Å²) in [5, 5.41) is 4.21. The Morgan fingerprint density at radius 1 is 1.26 bits per heavy atom. The van der Waals surface area contributed by atoms with Crippen LogP contribution in [0.4, 0.5) is 0 Å². The second kappa shape index (κ2) is 6.80. The third-order valence-electron chi connectivity index (χ3n) is 5.72. The number of nitrogens with two attached hydrogens (primary N) is 1. The van der Waals surface area contributed by atoms with Gasteiger partial charge in [-0.1, -0.05) is 5.16 Å². The van der Waals surface area contributed by atoms with Gasteiger partial charge in [0.25, 0.3) is 0 Å². The molecule has 2 aliphatic rings. The number of allylic oxidation sites excluding steroid dienone is 1. The van der Waals surface area contributed by atoms with Gasteiger partial charge in [0.15, 0.2) is 5.76 Å². The number of amides is 1. The van der Waals surface area contributed by atoms with Crippen LogP contribution in [0.5, 0.6) is 0 Å². The molecule has 27 heavy (non-hydrogen) atoms. The van der Waals surface area contributed by atoms with E-state index in [0.29, 0.717) is 0 Å². The molecule has 0 radical (unpaired) electrons. The van der Waals surface area contributed by atoms with Gasteiger partial charge in [0.1, 0.15) is 0 Å². The highest BCUT2D eigenvalue weighted by molar-refractivity contribution is 7.16. The molecule has 1 saturated heterocycles. The Morgan fingerprint density at radius 2 is 1.96 bits per heavy atom. The lowest BCUT2D eigenvalue weighted by Crippen LogP contribution is -2.43. The second-order valence-electron chi connectivity index (χ2n) is 7.61. The Balaban J connectivity index is 1.91. The SMILES string of the molecule is Cc1noc2c1-c1sc(C)c(C)c1C(N1CCN(C)CC1)=C[C@H]2CC(N)=O. The fourth-order valence-corrected chi connectivity index (χ4v) is 5.33. The number of aryl methyl sites for hydroxylation is 2. The summed E-state index contributed by atoms with van der Waals surface area (Å²) in [6.07, 6.45) is 2.41. The maximum Gasteiger partial charge on any atom is 0.218 e. The lowest BCUT2D eigenvalue weighted by atomic mass is 9.98. The summed E-state index contributed by atoms with van der Waals surface area (Å²) in [7, 11) is 2.16. The molecule has 3 heterocycles. The first-order chi connectivity index (χ1) is 12.9. The molecular formula is C20H26N4O2S. The average Bonchev–Trinajstić information content (AvgIpc) is 3.08. The van der Waals surface area contributed by atoms with Crippen molar-refractivity contribution in [3.63, 3.8) is 0 Å². The molecule has 0 unspecified atom stereocenters. The predicted octanol–water partition coefficient (Wildman–Crippen LogP) is 2.89. The van der Waals surface area contributed by atoms with E-state index in [9.17, 15) is 4.79 Å². The van der Waals surface area contributed by atoms with Gasteiger partial charge in [-0.3, -0.25) is 4.79 Å². The summed E-state index contributed by atoms with van der Waals surface area (Å²) in [6, 6.07) is 0. The van der Waals surface area contributed by atoms with Crippen molar-refractivity contribution in [2.24, 2.45) is 5.73 Å². The van der Waals surface area contributed by atoms with Crippen LogP contribution in [0.3, 0.4) is 0 Å². The van der Waals surface area contributed by atoms with Crippen LogP contribution < -0.4 is 5.73 Å². The summed E-state index contributed by atoms with van der Waals surface area (Å²) in [5.74, 6) is 0.248. The van der Waals surface area contributed by atoms with Crippen LogP contribution in [-0.2, 0) is 4.79 Å². The van der Waals surface area contributed by atoms with Crippen molar-refractivity contribution >= 4 is 22.9 Å². The first-order valence-electron chi connectivity index (χ1n) is 9.37. The monoisotopic (exact) mass is 386 g/mol. The topological polar surface area (TPSA) is 75.6 Å². The lowest BCUT2D eigenvalue weighted by Gasteiger charge is -2.36. The quantitative estimate of drug-likeness (QED) is 0.878. The third-order valence-corrected chi connectivity index (χ3v) is 6.94.